The fraction of sp³-hybridized carbons (Fsp3) is 0.200. The Bertz CT molecular complexity index is 1040. The Kier molecular flexibility index (Phi) is 7.16. The second kappa shape index (κ2) is 9.81. The predicted octanol–water partition coefficient (Wildman–Crippen LogP) is 2.97. The van der Waals surface area contributed by atoms with E-state index in [1.54, 1.807) is 40.6 Å². The van der Waals surface area contributed by atoms with Crippen LogP contribution in [0.4, 0.5) is 11.4 Å². The molecular formula is C20H21N4O4S2-. The Morgan fingerprint density at radius 2 is 2.00 bits per heavy atom. The number of carbonyl (C=O) groups excluding carboxylic acids is 1. The van der Waals surface area contributed by atoms with Crippen molar-refractivity contribution in [2.24, 2.45) is 0 Å². The van der Waals surface area contributed by atoms with E-state index in [0.717, 1.165) is 21.2 Å². The third-order valence-corrected chi connectivity index (χ3v) is 5.46. The van der Waals surface area contributed by atoms with Crippen molar-refractivity contribution in [3.8, 4) is 10.6 Å². The lowest BCUT2D eigenvalue weighted by molar-refractivity contribution is 0.0951. The molecule has 1 amide bonds. The number of anilines is 2. The van der Waals surface area contributed by atoms with Crippen LogP contribution >= 0.6 is 11.3 Å². The van der Waals surface area contributed by atoms with Gasteiger partial charge in [0.1, 0.15) is 16.4 Å². The van der Waals surface area contributed by atoms with E-state index >= 15 is 0 Å². The van der Waals surface area contributed by atoms with Crippen LogP contribution in [0.15, 0.2) is 54.0 Å². The highest BCUT2D eigenvalue weighted by molar-refractivity contribution is 7.74. The topological polar surface area (TPSA) is 97.8 Å². The number of nitrogens with zero attached hydrogens (tertiary/aromatic N) is 3. The number of amides is 1. The molecule has 1 unspecified atom stereocenters. The van der Waals surface area contributed by atoms with E-state index in [0.29, 0.717) is 23.5 Å². The zero-order valence-corrected chi connectivity index (χ0v) is 18.3. The van der Waals surface area contributed by atoms with Crippen molar-refractivity contribution >= 4 is 40.0 Å². The molecule has 8 nitrogen and oxygen atoms in total. The largest absolute Gasteiger partial charge is 0.748 e. The Hall–Kier alpha value is -2.79. The quantitative estimate of drug-likeness (QED) is 0.420. The fourth-order valence-electron chi connectivity index (χ4n) is 2.89. The first-order valence-corrected chi connectivity index (χ1v) is 10.8. The summed E-state index contributed by atoms with van der Waals surface area (Å²) in [6.07, 6.45) is 1.76. The molecule has 0 aliphatic rings. The zero-order chi connectivity index (χ0) is 21.7. The van der Waals surface area contributed by atoms with Crippen LogP contribution in [-0.2, 0) is 22.2 Å². The summed E-state index contributed by atoms with van der Waals surface area (Å²) in [7, 11) is 5.09. The van der Waals surface area contributed by atoms with Crippen LogP contribution in [0.3, 0.4) is 0 Å². The van der Waals surface area contributed by atoms with Crippen molar-refractivity contribution in [3.63, 3.8) is 0 Å². The highest BCUT2D eigenvalue weighted by Crippen LogP contribution is 2.29. The van der Waals surface area contributed by atoms with Crippen molar-refractivity contribution in [3.05, 3.63) is 65.2 Å². The third-order valence-electron chi connectivity index (χ3n) is 4.29. The summed E-state index contributed by atoms with van der Waals surface area (Å²) in [5, 5.41) is 6.84. The molecule has 0 fully saturated rings. The van der Waals surface area contributed by atoms with Crippen molar-refractivity contribution in [2.75, 3.05) is 31.1 Å². The molecule has 0 aliphatic carbocycles. The molecule has 0 aliphatic heterocycles. The minimum Gasteiger partial charge on any atom is -0.748 e. The lowest BCUT2D eigenvalue weighted by atomic mass is 10.1. The van der Waals surface area contributed by atoms with E-state index < -0.39 is 11.4 Å². The molecule has 10 heteroatoms. The van der Waals surface area contributed by atoms with Crippen molar-refractivity contribution < 1.29 is 17.8 Å². The molecule has 1 N–H and O–H groups in total. The van der Waals surface area contributed by atoms with Gasteiger partial charge in [-0.15, -0.1) is 11.3 Å². The highest BCUT2D eigenvalue weighted by Gasteiger charge is 2.15. The first-order valence-electron chi connectivity index (χ1n) is 8.95. The summed E-state index contributed by atoms with van der Waals surface area (Å²) in [4.78, 5) is 18.8. The number of carbonyl (C=O) groups is 1. The maximum atomic E-state index is 12.7. The van der Waals surface area contributed by atoms with Crippen molar-refractivity contribution in [2.45, 2.75) is 6.54 Å². The average molecular weight is 446 g/mol. The number of aromatic nitrogens is 1. The molecular weight excluding hydrogens is 424 g/mol. The normalized spacial score (nSPS) is 11.7. The number of benzene rings is 2. The van der Waals surface area contributed by atoms with Gasteiger partial charge in [0.15, 0.2) is 0 Å². The van der Waals surface area contributed by atoms with E-state index in [-0.39, 0.29) is 5.91 Å². The standard InChI is InChI=1S/C20H22N4O4S2/c1-23(2)17-8-7-15(12-18(17)24(3)28-30(26)27)19(25)22-13-14-5-4-6-16(11-14)20-21-9-10-29-20/h4-12H,13H2,1-3H3,(H,22,25)(H,26,27)/p-1. The summed E-state index contributed by atoms with van der Waals surface area (Å²) in [6.45, 7) is 0.347. The van der Waals surface area contributed by atoms with Crippen LogP contribution < -0.4 is 15.3 Å². The molecule has 0 saturated heterocycles. The molecule has 158 valence electrons. The Labute approximate surface area is 181 Å². The van der Waals surface area contributed by atoms with Gasteiger partial charge < -0.3 is 14.8 Å². The Balaban J connectivity index is 1.75. The van der Waals surface area contributed by atoms with Crippen LogP contribution in [-0.4, -0.2) is 40.8 Å². The molecule has 1 heterocycles. The van der Waals surface area contributed by atoms with Gasteiger partial charge >= 0.3 is 0 Å². The lowest BCUT2D eigenvalue weighted by Gasteiger charge is -2.25. The van der Waals surface area contributed by atoms with Crippen LogP contribution in [0, 0.1) is 0 Å². The summed E-state index contributed by atoms with van der Waals surface area (Å²) in [6, 6.07) is 12.8. The van der Waals surface area contributed by atoms with Crippen LogP contribution in [0.5, 0.6) is 0 Å². The van der Waals surface area contributed by atoms with E-state index in [1.165, 1.54) is 7.05 Å². The zero-order valence-electron chi connectivity index (χ0n) is 16.7. The number of rotatable bonds is 8. The summed E-state index contributed by atoms with van der Waals surface area (Å²) in [5.41, 5.74) is 3.49. The number of hydroxylamine groups is 1. The van der Waals surface area contributed by atoms with Gasteiger partial charge in [-0.25, -0.2) is 14.3 Å². The molecule has 3 aromatic rings. The van der Waals surface area contributed by atoms with Gasteiger partial charge in [-0.05, 0) is 29.8 Å². The molecule has 1 atom stereocenters. The second-order valence-corrected chi connectivity index (χ2v) is 8.05. The molecule has 0 spiro atoms. The summed E-state index contributed by atoms with van der Waals surface area (Å²) in [5.74, 6) is -0.280. The van der Waals surface area contributed by atoms with Crippen LogP contribution in [0.1, 0.15) is 15.9 Å². The Morgan fingerprint density at radius 3 is 2.67 bits per heavy atom. The van der Waals surface area contributed by atoms with Gasteiger partial charge in [-0.2, -0.15) is 4.28 Å². The average Bonchev–Trinajstić information content (AvgIpc) is 3.26. The SMILES string of the molecule is CN(C)c1ccc(C(=O)NCc2cccc(-c3nccs3)c2)cc1N(C)OS(=O)[O-]. The van der Waals surface area contributed by atoms with Gasteiger partial charge in [0.2, 0.25) is 0 Å². The van der Waals surface area contributed by atoms with E-state index in [9.17, 15) is 13.6 Å². The lowest BCUT2D eigenvalue weighted by Crippen LogP contribution is -2.25. The Morgan fingerprint density at radius 1 is 1.20 bits per heavy atom. The smallest absolute Gasteiger partial charge is 0.251 e. The molecule has 0 bridgehead atoms. The fourth-order valence-corrected chi connectivity index (χ4v) is 3.79. The monoisotopic (exact) mass is 445 g/mol. The summed E-state index contributed by atoms with van der Waals surface area (Å²) >= 11 is -1.17. The summed E-state index contributed by atoms with van der Waals surface area (Å²) < 4.78 is 26.5. The maximum absolute atomic E-state index is 12.7. The van der Waals surface area contributed by atoms with Gasteiger partial charge in [-0.3, -0.25) is 4.79 Å². The molecule has 1 aromatic heterocycles. The van der Waals surface area contributed by atoms with Gasteiger partial charge in [-0.1, -0.05) is 18.2 Å². The molecule has 3 rings (SSSR count). The molecule has 2 aromatic carbocycles. The minimum atomic E-state index is -2.73. The first kappa shape index (κ1) is 21.9. The minimum absolute atomic E-state index is 0.280. The first-order chi connectivity index (χ1) is 14.3. The molecule has 30 heavy (non-hydrogen) atoms. The van der Waals surface area contributed by atoms with Crippen LogP contribution in [0.25, 0.3) is 10.6 Å². The van der Waals surface area contributed by atoms with E-state index in [1.807, 2.05) is 43.7 Å². The molecule has 0 saturated carbocycles. The van der Waals surface area contributed by atoms with E-state index in [2.05, 4.69) is 10.3 Å². The van der Waals surface area contributed by atoms with Crippen LogP contribution in [0.2, 0.25) is 0 Å². The second-order valence-electron chi connectivity index (χ2n) is 6.59. The number of hydrogen-bond acceptors (Lipinski definition) is 8. The number of nitrogens with one attached hydrogen (secondary N) is 1. The number of thiazole rings is 1. The van der Waals surface area contributed by atoms with Gasteiger partial charge in [0.05, 0.1) is 11.4 Å². The predicted molar refractivity (Wildman–Crippen MR) is 118 cm³/mol. The third kappa shape index (κ3) is 5.42. The highest BCUT2D eigenvalue weighted by atomic mass is 32.2. The van der Waals surface area contributed by atoms with E-state index in [4.69, 9.17) is 4.28 Å². The maximum Gasteiger partial charge on any atom is 0.251 e. The van der Waals surface area contributed by atoms with Crippen molar-refractivity contribution in [1.82, 2.24) is 10.3 Å². The number of hydrogen-bond donors (Lipinski definition) is 1. The molecule has 0 radical (unpaired) electrons. The van der Waals surface area contributed by atoms with Crippen molar-refractivity contribution in [1.29, 1.82) is 0 Å². The van der Waals surface area contributed by atoms with Gasteiger partial charge in [0, 0.05) is 50.4 Å². The van der Waals surface area contributed by atoms with Gasteiger partial charge in [0.25, 0.3) is 5.91 Å².